The summed E-state index contributed by atoms with van der Waals surface area (Å²) in [5, 5.41) is 9.09. The number of hydrogen-bond donors (Lipinski definition) is 0. The van der Waals surface area contributed by atoms with Crippen LogP contribution in [-0.2, 0) is 6.61 Å². The Morgan fingerprint density at radius 2 is 1.83 bits per heavy atom. The van der Waals surface area contributed by atoms with E-state index in [9.17, 15) is 0 Å². The Morgan fingerprint density at radius 1 is 1.09 bits per heavy atom. The minimum atomic E-state index is 0.417. The van der Waals surface area contributed by atoms with E-state index < -0.39 is 0 Å². The summed E-state index contributed by atoms with van der Waals surface area (Å²) >= 11 is 1.54. The van der Waals surface area contributed by atoms with Gasteiger partial charge in [0.05, 0.1) is 22.7 Å². The number of aromatic nitrogens is 2. The lowest BCUT2D eigenvalue weighted by molar-refractivity contribution is 0.208. The topological polar surface area (TPSA) is 68.5 Å². The van der Waals surface area contributed by atoms with Gasteiger partial charge in [0, 0.05) is 56.9 Å². The lowest BCUT2D eigenvalue weighted by atomic mass is 10.2. The molecule has 2 aromatic carbocycles. The molecule has 1 fully saturated rings. The molecule has 182 valence electrons. The van der Waals surface area contributed by atoms with Crippen molar-refractivity contribution in [2.24, 2.45) is 0 Å². The van der Waals surface area contributed by atoms with E-state index in [1.165, 1.54) is 0 Å². The first-order chi connectivity index (χ1) is 16.9. The van der Waals surface area contributed by atoms with Crippen molar-refractivity contribution in [3.8, 4) is 11.9 Å². The summed E-state index contributed by atoms with van der Waals surface area (Å²) in [6.45, 7) is 8.67. The third-order valence-corrected chi connectivity index (χ3v) is 7.06. The number of piperazine rings is 1. The summed E-state index contributed by atoms with van der Waals surface area (Å²) in [6.07, 6.45) is 1.85. The molecule has 1 aliphatic rings. The second-order valence-corrected chi connectivity index (χ2v) is 10.2. The molecular weight excluding hydrogens is 456 g/mol. The molecule has 35 heavy (non-hydrogen) atoms. The van der Waals surface area contributed by atoms with Gasteiger partial charge < -0.3 is 14.5 Å². The number of anilines is 2. The molecule has 0 N–H and O–H groups in total. The number of hydrogen-bond acceptors (Lipinski definition) is 8. The minimum Gasteiger partial charge on any atom is -0.472 e. The quantitative estimate of drug-likeness (QED) is 0.453. The monoisotopic (exact) mass is 488 g/mol. The lowest BCUT2D eigenvalue weighted by Crippen LogP contribution is -2.49. The number of rotatable bonds is 8. The molecule has 3 aromatic rings. The van der Waals surface area contributed by atoms with Gasteiger partial charge in [-0.25, -0.2) is 4.98 Å². The molecule has 8 heteroatoms. The normalized spacial score (nSPS) is 14.1. The lowest BCUT2D eigenvalue weighted by Gasteiger charge is -2.36. The van der Waals surface area contributed by atoms with E-state index >= 15 is 0 Å². The Morgan fingerprint density at radius 3 is 2.49 bits per heavy atom. The van der Waals surface area contributed by atoms with Gasteiger partial charge in [0.25, 0.3) is 0 Å². The second-order valence-electron chi connectivity index (χ2n) is 9.05. The van der Waals surface area contributed by atoms with Crippen molar-refractivity contribution in [1.29, 1.82) is 5.26 Å². The van der Waals surface area contributed by atoms with Crippen molar-refractivity contribution < 1.29 is 4.74 Å². The molecule has 4 rings (SSSR count). The zero-order valence-corrected chi connectivity index (χ0v) is 21.6. The zero-order chi connectivity index (χ0) is 24.8. The summed E-state index contributed by atoms with van der Waals surface area (Å²) in [7, 11) is 4.06. The van der Waals surface area contributed by atoms with Gasteiger partial charge >= 0.3 is 0 Å². The van der Waals surface area contributed by atoms with Crippen molar-refractivity contribution in [3.05, 3.63) is 65.9 Å². The molecular formula is C27H32N6OS. The highest BCUT2D eigenvalue weighted by molar-refractivity contribution is 7.99. The smallest absolute Gasteiger partial charge is 0.232 e. The van der Waals surface area contributed by atoms with Crippen molar-refractivity contribution >= 4 is 23.4 Å². The summed E-state index contributed by atoms with van der Waals surface area (Å²) in [6, 6.07) is 18.5. The Balaban J connectivity index is 1.56. The highest BCUT2D eigenvalue weighted by Crippen LogP contribution is 2.35. The standard InChI is InChI=1S/C27H32N6OS/c1-20(2)32-12-14-33(15-13-32)27-29-18-25(35-24-10-8-21(17-28)9-11-24)26(30-27)34-19-22-6-5-7-23(16-22)31(3)4/h5-11,16,18,20H,12-15,19H2,1-4H3. The Kier molecular flexibility index (Phi) is 8.11. The van der Waals surface area contributed by atoms with Crippen LogP contribution in [0.4, 0.5) is 11.6 Å². The van der Waals surface area contributed by atoms with Gasteiger partial charge in [-0.1, -0.05) is 23.9 Å². The third-order valence-electron chi connectivity index (χ3n) is 6.05. The van der Waals surface area contributed by atoms with Crippen LogP contribution in [-0.4, -0.2) is 61.2 Å². The predicted octanol–water partition coefficient (Wildman–Crippen LogP) is 4.67. The highest BCUT2D eigenvalue weighted by Gasteiger charge is 2.22. The molecule has 0 atom stereocenters. The van der Waals surface area contributed by atoms with E-state index in [0.29, 0.717) is 30.0 Å². The molecule has 0 amide bonds. The van der Waals surface area contributed by atoms with Gasteiger partial charge in [-0.15, -0.1) is 0 Å². The van der Waals surface area contributed by atoms with E-state index in [2.05, 4.69) is 52.8 Å². The molecule has 7 nitrogen and oxygen atoms in total. The second kappa shape index (κ2) is 11.4. The third kappa shape index (κ3) is 6.44. The Labute approximate surface area is 212 Å². The van der Waals surface area contributed by atoms with Crippen LogP contribution in [0.15, 0.2) is 64.5 Å². The van der Waals surface area contributed by atoms with Gasteiger partial charge in [-0.2, -0.15) is 10.2 Å². The van der Waals surface area contributed by atoms with Gasteiger partial charge in [0.1, 0.15) is 6.61 Å². The van der Waals surface area contributed by atoms with E-state index in [0.717, 1.165) is 47.2 Å². The van der Waals surface area contributed by atoms with E-state index in [1.54, 1.807) is 11.8 Å². The summed E-state index contributed by atoms with van der Waals surface area (Å²) in [4.78, 5) is 18.2. The van der Waals surface area contributed by atoms with Gasteiger partial charge in [0.15, 0.2) is 0 Å². The zero-order valence-electron chi connectivity index (χ0n) is 20.8. The number of nitrogens with zero attached hydrogens (tertiary/aromatic N) is 6. The van der Waals surface area contributed by atoms with Crippen molar-refractivity contribution in [3.63, 3.8) is 0 Å². The average Bonchev–Trinajstić information content (AvgIpc) is 2.88. The van der Waals surface area contributed by atoms with Crippen LogP contribution in [0, 0.1) is 11.3 Å². The first-order valence-electron chi connectivity index (χ1n) is 11.9. The number of ether oxygens (including phenoxy) is 1. The summed E-state index contributed by atoms with van der Waals surface area (Å²) in [5.74, 6) is 1.28. The molecule has 0 aliphatic carbocycles. The van der Waals surface area contributed by atoms with Crippen LogP contribution in [0.3, 0.4) is 0 Å². The summed E-state index contributed by atoms with van der Waals surface area (Å²) in [5.41, 5.74) is 2.85. The Hall–Kier alpha value is -3.28. The van der Waals surface area contributed by atoms with Crippen LogP contribution in [0.25, 0.3) is 0 Å². The van der Waals surface area contributed by atoms with Gasteiger partial charge in [-0.05, 0) is 55.8 Å². The fourth-order valence-electron chi connectivity index (χ4n) is 3.91. The van der Waals surface area contributed by atoms with Crippen molar-refractivity contribution in [1.82, 2.24) is 14.9 Å². The molecule has 0 saturated carbocycles. The first-order valence-corrected chi connectivity index (χ1v) is 12.7. The minimum absolute atomic E-state index is 0.417. The highest BCUT2D eigenvalue weighted by atomic mass is 32.2. The number of benzene rings is 2. The largest absolute Gasteiger partial charge is 0.472 e. The molecule has 1 saturated heterocycles. The van der Waals surface area contributed by atoms with Crippen molar-refractivity contribution in [2.45, 2.75) is 36.3 Å². The fraction of sp³-hybridized carbons (Fsp3) is 0.370. The molecule has 2 heterocycles. The van der Waals surface area contributed by atoms with Gasteiger partial charge in [-0.3, -0.25) is 4.90 Å². The summed E-state index contributed by atoms with van der Waals surface area (Å²) < 4.78 is 6.29. The number of nitriles is 1. The van der Waals surface area contributed by atoms with Crippen LogP contribution in [0.2, 0.25) is 0 Å². The van der Waals surface area contributed by atoms with Gasteiger partial charge in [0.2, 0.25) is 11.8 Å². The van der Waals surface area contributed by atoms with E-state index in [4.69, 9.17) is 20.0 Å². The van der Waals surface area contributed by atoms with E-state index in [-0.39, 0.29) is 0 Å². The van der Waals surface area contributed by atoms with Crippen LogP contribution in [0.1, 0.15) is 25.0 Å². The maximum atomic E-state index is 9.09. The molecule has 0 bridgehead atoms. The van der Waals surface area contributed by atoms with Crippen LogP contribution in [0.5, 0.6) is 5.88 Å². The van der Waals surface area contributed by atoms with E-state index in [1.807, 2.05) is 50.6 Å². The maximum Gasteiger partial charge on any atom is 0.232 e. The fourth-order valence-corrected chi connectivity index (χ4v) is 4.73. The SMILES string of the molecule is CC(C)N1CCN(c2ncc(Sc3ccc(C#N)cc3)c(OCc3cccc(N(C)C)c3)n2)CC1. The van der Waals surface area contributed by atoms with Crippen LogP contribution >= 0.6 is 11.8 Å². The van der Waals surface area contributed by atoms with Crippen molar-refractivity contribution in [2.75, 3.05) is 50.1 Å². The maximum absolute atomic E-state index is 9.09. The molecule has 0 spiro atoms. The molecule has 0 radical (unpaired) electrons. The molecule has 1 aliphatic heterocycles. The predicted molar refractivity (Wildman–Crippen MR) is 141 cm³/mol. The molecule has 1 aromatic heterocycles. The average molecular weight is 489 g/mol. The van der Waals surface area contributed by atoms with Crippen LogP contribution < -0.4 is 14.5 Å². The molecule has 0 unspecified atom stereocenters. The first kappa shape index (κ1) is 24.8. The Bertz CT molecular complexity index is 1170.